The summed E-state index contributed by atoms with van der Waals surface area (Å²) in [4.78, 5) is 16.5. The van der Waals surface area contributed by atoms with E-state index in [2.05, 4.69) is 29.2 Å². The average Bonchev–Trinajstić information content (AvgIpc) is 2.98. The van der Waals surface area contributed by atoms with E-state index in [0.29, 0.717) is 19.6 Å². The zero-order chi connectivity index (χ0) is 18.0. The van der Waals surface area contributed by atoms with Crippen LogP contribution in [0, 0.1) is 0 Å². The zero-order valence-electron chi connectivity index (χ0n) is 15.1. The maximum atomic E-state index is 12.5. The number of fused-ring (bicyclic) bond motifs is 1. The molecule has 2 aromatic rings. The molecule has 136 valence electrons. The molecule has 2 N–H and O–H groups in total. The van der Waals surface area contributed by atoms with E-state index in [1.54, 1.807) is 6.92 Å². The second-order valence-corrected chi connectivity index (χ2v) is 7.02. The van der Waals surface area contributed by atoms with Crippen LogP contribution >= 0.6 is 0 Å². The van der Waals surface area contributed by atoms with Crippen molar-refractivity contribution in [3.05, 3.63) is 24.4 Å². The molecule has 25 heavy (non-hydrogen) atoms. The van der Waals surface area contributed by atoms with Gasteiger partial charge in [-0.3, -0.25) is 9.58 Å². The van der Waals surface area contributed by atoms with Crippen molar-refractivity contribution in [1.82, 2.24) is 19.6 Å². The number of benzene rings is 1. The number of hydrogen-bond donors (Lipinski definition) is 2. The van der Waals surface area contributed by atoms with Gasteiger partial charge in [0.15, 0.2) is 0 Å². The molecular formula is C18H27N5O2. The van der Waals surface area contributed by atoms with Gasteiger partial charge in [-0.2, -0.15) is 5.10 Å². The van der Waals surface area contributed by atoms with Gasteiger partial charge >= 0.3 is 6.03 Å². The number of urea groups is 1. The Kier molecular flexibility index (Phi) is 5.24. The van der Waals surface area contributed by atoms with Crippen molar-refractivity contribution in [1.29, 1.82) is 0 Å². The first-order chi connectivity index (χ1) is 11.9. The van der Waals surface area contributed by atoms with Gasteiger partial charge in [0, 0.05) is 49.8 Å². The quantitative estimate of drug-likeness (QED) is 0.890. The van der Waals surface area contributed by atoms with Crippen molar-refractivity contribution in [2.24, 2.45) is 0 Å². The Morgan fingerprint density at radius 2 is 1.96 bits per heavy atom. The Hall–Kier alpha value is -2.12. The number of anilines is 1. The van der Waals surface area contributed by atoms with Gasteiger partial charge in [-0.15, -0.1) is 0 Å². The summed E-state index contributed by atoms with van der Waals surface area (Å²) in [6, 6.07) is 6.06. The number of rotatable bonds is 4. The van der Waals surface area contributed by atoms with Crippen LogP contribution in [0.1, 0.15) is 26.8 Å². The van der Waals surface area contributed by atoms with Crippen molar-refractivity contribution in [3.63, 3.8) is 0 Å². The highest BCUT2D eigenvalue weighted by molar-refractivity contribution is 5.92. The molecule has 0 spiro atoms. The topological polar surface area (TPSA) is 73.6 Å². The summed E-state index contributed by atoms with van der Waals surface area (Å²) in [6.07, 6.45) is 1.51. The van der Waals surface area contributed by atoms with Crippen LogP contribution in [0.15, 0.2) is 24.4 Å². The van der Waals surface area contributed by atoms with E-state index in [4.69, 9.17) is 0 Å². The van der Waals surface area contributed by atoms with Gasteiger partial charge in [0.1, 0.15) is 0 Å². The summed E-state index contributed by atoms with van der Waals surface area (Å²) in [6.45, 7) is 9.54. The fourth-order valence-corrected chi connectivity index (χ4v) is 3.24. The molecule has 0 saturated carbocycles. The van der Waals surface area contributed by atoms with Gasteiger partial charge in [-0.1, -0.05) is 0 Å². The fourth-order valence-electron chi connectivity index (χ4n) is 3.24. The first kappa shape index (κ1) is 17.7. The lowest BCUT2D eigenvalue weighted by atomic mass is 10.2. The van der Waals surface area contributed by atoms with Crippen molar-refractivity contribution >= 4 is 22.6 Å². The summed E-state index contributed by atoms with van der Waals surface area (Å²) < 4.78 is 1.96. The minimum Gasteiger partial charge on any atom is -0.392 e. The van der Waals surface area contributed by atoms with Crippen molar-refractivity contribution in [3.8, 4) is 0 Å². The normalized spacial score (nSPS) is 17.2. The van der Waals surface area contributed by atoms with E-state index in [9.17, 15) is 9.90 Å². The van der Waals surface area contributed by atoms with E-state index in [1.165, 1.54) is 0 Å². The first-order valence-electron chi connectivity index (χ1n) is 8.87. The lowest BCUT2D eigenvalue weighted by Gasteiger charge is -2.35. The third-order valence-corrected chi connectivity index (χ3v) is 4.52. The Morgan fingerprint density at radius 3 is 2.60 bits per heavy atom. The van der Waals surface area contributed by atoms with Crippen molar-refractivity contribution in [2.45, 2.75) is 32.9 Å². The summed E-state index contributed by atoms with van der Waals surface area (Å²) in [5.74, 6) is 0. The summed E-state index contributed by atoms with van der Waals surface area (Å²) in [7, 11) is 0. The first-order valence-corrected chi connectivity index (χ1v) is 8.87. The van der Waals surface area contributed by atoms with Crippen LogP contribution in [0.25, 0.3) is 10.9 Å². The summed E-state index contributed by atoms with van der Waals surface area (Å²) in [5.41, 5.74) is 1.81. The van der Waals surface area contributed by atoms with Gasteiger partial charge in [0.05, 0.1) is 17.8 Å². The number of aliphatic hydroxyl groups is 1. The molecule has 1 aromatic carbocycles. The van der Waals surface area contributed by atoms with Crippen molar-refractivity contribution in [2.75, 3.05) is 38.0 Å². The molecule has 0 bridgehead atoms. The molecule has 0 aliphatic carbocycles. The molecule has 1 aliphatic heterocycles. The van der Waals surface area contributed by atoms with E-state index in [0.717, 1.165) is 29.7 Å². The zero-order valence-corrected chi connectivity index (χ0v) is 15.1. The minimum absolute atomic E-state index is 0.0772. The Bertz CT molecular complexity index is 732. The number of piperazine rings is 1. The molecule has 2 heterocycles. The molecule has 1 aromatic heterocycles. The van der Waals surface area contributed by atoms with Gasteiger partial charge in [0.25, 0.3) is 0 Å². The number of nitrogens with one attached hydrogen (secondary N) is 1. The SMILES string of the molecule is CC(C)n1ncc2ccc(NC(=O)N3CCN(C[C@@H](C)O)CC3)cc21. The molecule has 0 unspecified atom stereocenters. The lowest BCUT2D eigenvalue weighted by Crippen LogP contribution is -2.51. The molecule has 1 aliphatic rings. The van der Waals surface area contributed by atoms with Gasteiger partial charge in [-0.05, 0) is 39.0 Å². The van der Waals surface area contributed by atoms with Crippen LogP contribution in [0.4, 0.5) is 10.5 Å². The molecule has 7 nitrogen and oxygen atoms in total. The highest BCUT2D eigenvalue weighted by Gasteiger charge is 2.22. The molecule has 0 radical (unpaired) electrons. The summed E-state index contributed by atoms with van der Waals surface area (Å²) in [5, 5.41) is 17.9. The molecule has 1 saturated heterocycles. The molecular weight excluding hydrogens is 318 g/mol. The smallest absolute Gasteiger partial charge is 0.321 e. The highest BCUT2D eigenvalue weighted by atomic mass is 16.3. The van der Waals surface area contributed by atoms with Crippen LogP contribution < -0.4 is 5.32 Å². The van der Waals surface area contributed by atoms with E-state index in [1.807, 2.05) is 34.0 Å². The lowest BCUT2D eigenvalue weighted by molar-refractivity contribution is 0.0924. The van der Waals surface area contributed by atoms with E-state index < -0.39 is 0 Å². The predicted molar refractivity (Wildman–Crippen MR) is 98.8 cm³/mol. The number of carbonyl (C=O) groups excluding carboxylic acids is 1. The Labute approximate surface area is 148 Å². The monoisotopic (exact) mass is 345 g/mol. The number of aliphatic hydroxyl groups excluding tert-OH is 1. The minimum atomic E-state index is -0.335. The fraction of sp³-hybridized carbons (Fsp3) is 0.556. The van der Waals surface area contributed by atoms with Crippen molar-refractivity contribution < 1.29 is 9.90 Å². The molecule has 1 fully saturated rings. The standard InChI is InChI=1S/C18H27N5O2/c1-13(2)23-17-10-16(5-4-15(17)11-19-23)20-18(25)22-8-6-21(7-9-22)12-14(3)24/h4-5,10-11,13-14,24H,6-9,12H2,1-3H3,(H,20,25)/t14-/m1/s1. The maximum Gasteiger partial charge on any atom is 0.321 e. The number of hydrogen-bond acceptors (Lipinski definition) is 4. The molecule has 3 rings (SSSR count). The predicted octanol–water partition coefficient (Wildman–Crippen LogP) is 2.15. The maximum absolute atomic E-state index is 12.5. The number of aromatic nitrogens is 2. The summed E-state index contributed by atoms with van der Waals surface area (Å²) >= 11 is 0. The third kappa shape index (κ3) is 4.11. The van der Waals surface area contributed by atoms with Crippen LogP contribution in [0.5, 0.6) is 0 Å². The second-order valence-electron chi connectivity index (χ2n) is 7.02. The largest absolute Gasteiger partial charge is 0.392 e. The van der Waals surface area contributed by atoms with E-state index >= 15 is 0 Å². The molecule has 2 amide bonds. The average molecular weight is 345 g/mol. The molecule has 1 atom stereocenters. The van der Waals surface area contributed by atoms with Crippen LogP contribution in [0.2, 0.25) is 0 Å². The van der Waals surface area contributed by atoms with Gasteiger partial charge in [-0.25, -0.2) is 4.79 Å². The van der Waals surface area contributed by atoms with Crippen LogP contribution in [0.3, 0.4) is 0 Å². The molecule has 7 heteroatoms. The van der Waals surface area contributed by atoms with Crippen LogP contribution in [-0.2, 0) is 0 Å². The number of nitrogens with zero attached hydrogens (tertiary/aromatic N) is 4. The van der Waals surface area contributed by atoms with E-state index in [-0.39, 0.29) is 18.2 Å². The van der Waals surface area contributed by atoms with Crippen LogP contribution in [-0.4, -0.2) is 69.5 Å². The number of amides is 2. The Balaban J connectivity index is 1.63. The van der Waals surface area contributed by atoms with Gasteiger partial charge < -0.3 is 15.3 Å². The highest BCUT2D eigenvalue weighted by Crippen LogP contribution is 2.22. The number of β-amino-alcohol motifs (C(OH)–C–C–N with tert-alkyl or cyclic N) is 1. The Morgan fingerprint density at radius 1 is 1.24 bits per heavy atom. The van der Waals surface area contributed by atoms with Gasteiger partial charge in [0.2, 0.25) is 0 Å². The second kappa shape index (κ2) is 7.41. The third-order valence-electron chi connectivity index (χ3n) is 4.52. The number of carbonyl (C=O) groups is 1.